The summed E-state index contributed by atoms with van der Waals surface area (Å²) < 4.78 is 6.36. The number of carbonyl (C=O) groups is 1. The van der Waals surface area contributed by atoms with Gasteiger partial charge in [0, 0.05) is 38.3 Å². The van der Waals surface area contributed by atoms with Crippen LogP contribution < -0.4 is 5.32 Å². The summed E-state index contributed by atoms with van der Waals surface area (Å²) in [6.45, 7) is 7.05. The lowest BCUT2D eigenvalue weighted by atomic mass is 9.75. The zero-order valence-electron chi connectivity index (χ0n) is 19.1. The summed E-state index contributed by atoms with van der Waals surface area (Å²) >= 11 is 0. The molecule has 2 amide bonds. The van der Waals surface area contributed by atoms with Gasteiger partial charge in [0.05, 0.1) is 12.7 Å². The van der Waals surface area contributed by atoms with E-state index in [-0.39, 0.29) is 12.1 Å². The Bertz CT molecular complexity index is 742. The van der Waals surface area contributed by atoms with Gasteiger partial charge in [-0.2, -0.15) is 0 Å². The third-order valence-electron chi connectivity index (χ3n) is 8.58. The van der Waals surface area contributed by atoms with E-state index in [4.69, 9.17) is 4.74 Å². The minimum Gasteiger partial charge on any atom is -0.373 e. The van der Waals surface area contributed by atoms with Crippen molar-refractivity contribution in [2.75, 3.05) is 32.8 Å². The largest absolute Gasteiger partial charge is 0.373 e. The first-order chi connectivity index (χ1) is 15.1. The summed E-state index contributed by atoms with van der Waals surface area (Å²) in [7, 11) is 0. The average Bonchev–Trinajstić information content (AvgIpc) is 3.17. The molecule has 4 aliphatic rings. The quantitative estimate of drug-likeness (QED) is 0.770. The lowest BCUT2D eigenvalue weighted by molar-refractivity contribution is -0.0819. The topological polar surface area (TPSA) is 44.8 Å². The molecule has 0 spiro atoms. The molecular formula is C26H39N3O2. The number of nitrogens with zero attached hydrogens (tertiary/aromatic N) is 2. The van der Waals surface area contributed by atoms with Crippen LogP contribution in [0.15, 0.2) is 30.3 Å². The number of rotatable bonds is 3. The molecule has 2 aliphatic carbocycles. The molecule has 1 aromatic carbocycles. The molecule has 5 nitrogen and oxygen atoms in total. The van der Waals surface area contributed by atoms with E-state index in [0.717, 1.165) is 58.0 Å². The van der Waals surface area contributed by atoms with Gasteiger partial charge < -0.3 is 15.0 Å². The van der Waals surface area contributed by atoms with Crippen molar-refractivity contribution in [3.05, 3.63) is 35.9 Å². The van der Waals surface area contributed by atoms with E-state index in [9.17, 15) is 4.79 Å². The number of hydrogen-bond donors (Lipinski definition) is 1. The number of hydrogen-bond acceptors (Lipinski definition) is 3. The molecule has 170 valence electrons. The van der Waals surface area contributed by atoms with Crippen LogP contribution in [-0.4, -0.2) is 60.7 Å². The van der Waals surface area contributed by atoms with Crippen LogP contribution in [0.25, 0.3) is 0 Å². The summed E-state index contributed by atoms with van der Waals surface area (Å²) in [4.78, 5) is 17.4. The van der Waals surface area contributed by atoms with Crippen LogP contribution in [0.3, 0.4) is 0 Å². The Balaban J connectivity index is 1.13. The Labute approximate surface area is 187 Å². The normalized spacial score (nSPS) is 35.0. The fourth-order valence-electron chi connectivity index (χ4n) is 6.56. The van der Waals surface area contributed by atoms with Crippen molar-refractivity contribution >= 4 is 6.03 Å². The average molecular weight is 426 g/mol. The van der Waals surface area contributed by atoms with Crippen molar-refractivity contribution < 1.29 is 9.53 Å². The molecule has 31 heavy (non-hydrogen) atoms. The SMILES string of the molecule is C[C@@]12CO[C@H](c3ccccc3)C[C@@H]1C[C@@H](N1CCN(C(=O)NC3CCCCC3)CC1)C2. The lowest BCUT2D eigenvalue weighted by Gasteiger charge is -2.40. The molecular weight excluding hydrogens is 386 g/mol. The third kappa shape index (κ3) is 4.63. The smallest absolute Gasteiger partial charge is 0.317 e. The summed E-state index contributed by atoms with van der Waals surface area (Å²) in [6, 6.07) is 11.9. The highest BCUT2D eigenvalue weighted by molar-refractivity contribution is 5.74. The second-order valence-corrected chi connectivity index (χ2v) is 10.7. The first-order valence-electron chi connectivity index (χ1n) is 12.6. The summed E-state index contributed by atoms with van der Waals surface area (Å²) in [5, 5.41) is 3.29. The number of piperazine rings is 1. The molecule has 5 rings (SSSR count). The van der Waals surface area contributed by atoms with Gasteiger partial charge in [-0.05, 0) is 49.0 Å². The summed E-state index contributed by atoms with van der Waals surface area (Å²) in [5.74, 6) is 0.726. The highest BCUT2D eigenvalue weighted by Crippen LogP contribution is 2.52. The molecule has 1 N–H and O–H groups in total. The molecule has 1 aromatic rings. The molecule has 2 saturated heterocycles. The van der Waals surface area contributed by atoms with Crippen LogP contribution in [0.5, 0.6) is 0 Å². The van der Waals surface area contributed by atoms with Crippen LogP contribution >= 0.6 is 0 Å². The Hall–Kier alpha value is -1.59. The van der Waals surface area contributed by atoms with Crippen LogP contribution in [0.4, 0.5) is 4.79 Å². The van der Waals surface area contributed by atoms with E-state index < -0.39 is 0 Å². The predicted molar refractivity (Wildman–Crippen MR) is 123 cm³/mol. The van der Waals surface area contributed by atoms with Gasteiger partial charge in [-0.1, -0.05) is 56.5 Å². The summed E-state index contributed by atoms with van der Waals surface area (Å²) in [6.07, 6.45) is 10.0. The predicted octanol–water partition coefficient (Wildman–Crippen LogP) is 4.59. The van der Waals surface area contributed by atoms with Gasteiger partial charge in [0.1, 0.15) is 0 Å². The molecule has 5 heteroatoms. The van der Waals surface area contributed by atoms with Crippen LogP contribution in [-0.2, 0) is 4.74 Å². The van der Waals surface area contributed by atoms with E-state index in [1.165, 1.54) is 37.7 Å². The maximum absolute atomic E-state index is 12.7. The molecule has 2 heterocycles. The van der Waals surface area contributed by atoms with Crippen molar-refractivity contribution in [2.45, 2.75) is 76.5 Å². The number of fused-ring (bicyclic) bond motifs is 1. The van der Waals surface area contributed by atoms with Crippen molar-refractivity contribution in [2.24, 2.45) is 11.3 Å². The van der Waals surface area contributed by atoms with E-state index in [2.05, 4.69) is 47.5 Å². The second kappa shape index (κ2) is 9.11. The fourth-order valence-corrected chi connectivity index (χ4v) is 6.56. The zero-order valence-corrected chi connectivity index (χ0v) is 19.1. The van der Waals surface area contributed by atoms with E-state index in [1.54, 1.807) is 0 Å². The number of benzene rings is 1. The van der Waals surface area contributed by atoms with Crippen molar-refractivity contribution in [1.82, 2.24) is 15.1 Å². The van der Waals surface area contributed by atoms with Gasteiger partial charge in [-0.3, -0.25) is 4.90 Å². The van der Waals surface area contributed by atoms with Crippen LogP contribution in [0.1, 0.15) is 70.0 Å². The first-order valence-corrected chi connectivity index (χ1v) is 12.6. The van der Waals surface area contributed by atoms with Gasteiger partial charge in [-0.25, -0.2) is 4.79 Å². The molecule has 4 atom stereocenters. The van der Waals surface area contributed by atoms with E-state index in [1.807, 2.05) is 4.90 Å². The van der Waals surface area contributed by atoms with Crippen molar-refractivity contribution in [3.8, 4) is 0 Å². The molecule has 4 fully saturated rings. The van der Waals surface area contributed by atoms with E-state index >= 15 is 0 Å². The van der Waals surface area contributed by atoms with Gasteiger partial charge in [0.2, 0.25) is 0 Å². The minimum absolute atomic E-state index is 0.165. The maximum Gasteiger partial charge on any atom is 0.317 e. The number of amides is 2. The molecule has 0 bridgehead atoms. The Morgan fingerprint density at radius 2 is 1.77 bits per heavy atom. The van der Waals surface area contributed by atoms with Gasteiger partial charge in [0.15, 0.2) is 0 Å². The summed E-state index contributed by atoms with van der Waals surface area (Å²) in [5.41, 5.74) is 1.62. The number of carbonyl (C=O) groups excluding carboxylic acids is 1. The Kier molecular flexibility index (Phi) is 6.25. The Morgan fingerprint density at radius 3 is 2.52 bits per heavy atom. The first kappa shape index (κ1) is 21.3. The van der Waals surface area contributed by atoms with Crippen LogP contribution in [0, 0.1) is 11.3 Å². The fraction of sp³-hybridized carbons (Fsp3) is 0.731. The molecule has 0 aromatic heterocycles. The van der Waals surface area contributed by atoms with E-state index in [0.29, 0.717) is 17.5 Å². The van der Waals surface area contributed by atoms with Gasteiger partial charge in [0.25, 0.3) is 0 Å². The van der Waals surface area contributed by atoms with Gasteiger partial charge >= 0.3 is 6.03 Å². The minimum atomic E-state index is 0.165. The number of urea groups is 1. The highest BCUT2D eigenvalue weighted by Gasteiger charge is 2.49. The molecule has 0 radical (unpaired) electrons. The highest BCUT2D eigenvalue weighted by atomic mass is 16.5. The Morgan fingerprint density at radius 1 is 1.03 bits per heavy atom. The molecule has 2 saturated carbocycles. The monoisotopic (exact) mass is 425 g/mol. The van der Waals surface area contributed by atoms with Crippen molar-refractivity contribution in [1.29, 1.82) is 0 Å². The van der Waals surface area contributed by atoms with Crippen molar-refractivity contribution in [3.63, 3.8) is 0 Å². The van der Waals surface area contributed by atoms with Crippen LogP contribution in [0.2, 0.25) is 0 Å². The standard InChI is InChI=1S/C26H39N3O2/c1-26-18-23(16-21(26)17-24(31-19-26)20-8-4-2-5-9-20)28-12-14-29(15-13-28)25(30)27-22-10-6-3-7-11-22/h2,4-5,8-9,21-24H,3,6-7,10-19H2,1H3,(H,27,30)/t21-,23+,24-,26+/m0/s1. The number of ether oxygens (including phenoxy) is 1. The second-order valence-electron chi connectivity index (χ2n) is 10.7. The zero-order chi connectivity index (χ0) is 21.3. The molecule has 2 aliphatic heterocycles. The third-order valence-corrected chi connectivity index (χ3v) is 8.58. The lowest BCUT2D eigenvalue weighted by Crippen LogP contribution is -2.55. The number of nitrogens with one attached hydrogen (secondary N) is 1. The maximum atomic E-state index is 12.7. The molecule has 0 unspecified atom stereocenters. The van der Waals surface area contributed by atoms with Gasteiger partial charge in [-0.15, -0.1) is 0 Å².